The molecular formula is C16H10S2Sn. The molecule has 2 heterocycles. The van der Waals surface area contributed by atoms with Crippen LogP contribution in [0.1, 0.15) is 0 Å². The van der Waals surface area contributed by atoms with Crippen molar-refractivity contribution in [2.45, 2.75) is 0 Å². The van der Waals surface area contributed by atoms with Crippen molar-refractivity contribution >= 4 is 69.8 Å². The molecule has 0 atom stereocenters. The van der Waals surface area contributed by atoms with Gasteiger partial charge in [0.15, 0.2) is 0 Å². The first-order valence-corrected chi connectivity index (χ1v) is 10.6. The maximum absolute atomic E-state index is 2.40. The van der Waals surface area contributed by atoms with Gasteiger partial charge in [-0.2, -0.15) is 0 Å². The first-order valence-electron chi connectivity index (χ1n) is 6.13. The molecule has 4 aromatic rings. The van der Waals surface area contributed by atoms with Crippen molar-refractivity contribution in [2.24, 2.45) is 0 Å². The summed E-state index contributed by atoms with van der Waals surface area (Å²) in [5, 5.41) is 2.81. The summed E-state index contributed by atoms with van der Waals surface area (Å²) in [6.07, 6.45) is 0. The summed E-state index contributed by atoms with van der Waals surface area (Å²) in [7, 11) is 0. The third kappa shape index (κ3) is 2.33. The third-order valence-corrected chi connectivity index (χ3v) is 10.3. The van der Waals surface area contributed by atoms with Gasteiger partial charge in [0.05, 0.1) is 0 Å². The van der Waals surface area contributed by atoms with Gasteiger partial charge in [0.25, 0.3) is 0 Å². The molecule has 0 bridgehead atoms. The predicted molar refractivity (Wildman–Crippen MR) is 88.7 cm³/mol. The zero-order valence-corrected chi connectivity index (χ0v) is 14.6. The van der Waals surface area contributed by atoms with Crippen LogP contribution in [0.2, 0.25) is 0 Å². The van der Waals surface area contributed by atoms with E-state index in [1.165, 1.54) is 20.2 Å². The van der Waals surface area contributed by atoms with E-state index in [0.717, 1.165) is 0 Å². The Morgan fingerprint density at radius 3 is 1.58 bits per heavy atom. The van der Waals surface area contributed by atoms with E-state index in [1.54, 1.807) is 5.79 Å². The van der Waals surface area contributed by atoms with Gasteiger partial charge in [-0.05, 0) is 0 Å². The van der Waals surface area contributed by atoms with E-state index < -0.39 is 21.1 Å². The second-order valence-electron chi connectivity index (χ2n) is 4.42. The Bertz CT molecular complexity index is 719. The summed E-state index contributed by atoms with van der Waals surface area (Å²) >= 11 is 3.35. The van der Waals surface area contributed by atoms with Crippen molar-refractivity contribution in [3.63, 3.8) is 0 Å². The number of hydrogen-bond donors (Lipinski definition) is 0. The molecule has 0 unspecified atom stereocenters. The van der Waals surface area contributed by atoms with E-state index in [9.17, 15) is 0 Å². The van der Waals surface area contributed by atoms with Gasteiger partial charge in [-0.3, -0.25) is 0 Å². The number of fused-ring (bicyclic) bond motifs is 2. The molecule has 0 saturated heterocycles. The molecule has 2 aromatic heterocycles. The topological polar surface area (TPSA) is 0 Å². The first kappa shape index (κ1) is 11.9. The SMILES string of the molecule is c1ccc2s[c]([Sn][c]3cc4ccccc4s3)cc2c1. The molecule has 90 valence electrons. The third-order valence-electron chi connectivity index (χ3n) is 3.10. The van der Waals surface area contributed by atoms with Crippen LogP contribution >= 0.6 is 22.7 Å². The molecule has 19 heavy (non-hydrogen) atoms. The van der Waals surface area contributed by atoms with Gasteiger partial charge in [-0.15, -0.1) is 0 Å². The van der Waals surface area contributed by atoms with E-state index in [1.807, 2.05) is 22.7 Å². The summed E-state index contributed by atoms with van der Waals surface area (Å²) < 4.78 is 6.10. The van der Waals surface area contributed by atoms with Crippen LogP contribution in [0.3, 0.4) is 0 Å². The molecule has 0 fully saturated rings. The van der Waals surface area contributed by atoms with Crippen LogP contribution in [0.25, 0.3) is 20.2 Å². The van der Waals surface area contributed by atoms with Crippen LogP contribution in [0.15, 0.2) is 60.7 Å². The summed E-state index contributed by atoms with van der Waals surface area (Å²) in [6.45, 7) is 0. The normalized spacial score (nSPS) is 11.4. The number of thiophene rings is 2. The van der Waals surface area contributed by atoms with Crippen molar-refractivity contribution in [1.82, 2.24) is 0 Å². The van der Waals surface area contributed by atoms with Gasteiger partial charge < -0.3 is 0 Å². The van der Waals surface area contributed by atoms with Crippen LogP contribution in [0, 0.1) is 0 Å². The second kappa shape index (κ2) is 4.93. The maximum atomic E-state index is 2.40. The Morgan fingerprint density at radius 1 is 0.632 bits per heavy atom. The molecule has 0 aliphatic rings. The summed E-state index contributed by atoms with van der Waals surface area (Å²) in [5.41, 5.74) is 0. The minimum absolute atomic E-state index is 0.622. The average Bonchev–Trinajstić information content (AvgIpc) is 3.00. The standard InChI is InChI=1S/2C8H5S.Sn/c2*1-2-4-8-7(3-1)5-6-9-8;/h2*1-5H;. The van der Waals surface area contributed by atoms with E-state index in [-0.39, 0.29) is 0 Å². The van der Waals surface area contributed by atoms with Crippen LogP contribution in [-0.2, 0) is 0 Å². The number of benzene rings is 2. The molecule has 4 rings (SSSR count). The zero-order chi connectivity index (χ0) is 12.7. The van der Waals surface area contributed by atoms with Crippen molar-refractivity contribution in [3.8, 4) is 0 Å². The fourth-order valence-electron chi connectivity index (χ4n) is 2.21. The van der Waals surface area contributed by atoms with Gasteiger partial charge in [0.1, 0.15) is 0 Å². The molecule has 0 aliphatic heterocycles. The van der Waals surface area contributed by atoms with Crippen LogP contribution in [0.4, 0.5) is 0 Å². The van der Waals surface area contributed by atoms with Crippen molar-refractivity contribution in [2.75, 3.05) is 0 Å². The van der Waals surface area contributed by atoms with Gasteiger partial charge in [0, 0.05) is 0 Å². The Kier molecular flexibility index (Phi) is 3.10. The van der Waals surface area contributed by atoms with Gasteiger partial charge in [-0.1, -0.05) is 0 Å². The van der Waals surface area contributed by atoms with Crippen LogP contribution in [-0.4, -0.2) is 21.1 Å². The number of rotatable bonds is 2. The van der Waals surface area contributed by atoms with E-state index in [4.69, 9.17) is 0 Å². The molecule has 0 N–H and O–H groups in total. The average molecular weight is 385 g/mol. The second-order valence-corrected chi connectivity index (χ2v) is 12.4. The Labute approximate surface area is 129 Å². The zero-order valence-electron chi connectivity index (χ0n) is 10.1. The van der Waals surface area contributed by atoms with Crippen LogP contribution in [0.5, 0.6) is 0 Å². The molecule has 0 aliphatic carbocycles. The van der Waals surface area contributed by atoms with Gasteiger partial charge in [0.2, 0.25) is 0 Å². The monoisotopic (exact) mass is 386 g/mol. The van der Waals surface area contributed by atoms with Crippen molar-refractivity contribution in [3.05, 3.63) is 60.7 Å². The molecule has 0 amide bonds. The molecule has 2 radical (unpaired) electrons. The van der Waals surface area contributed by atoms with E-state index >= 15 is 0 Å². The molecule has 3 heteroatoms. The van der Waals surface area contributed by atoms with E-state index in [2.05, 4.69) is 60.7 Å². The van der Waals surface area contributed by atoms with Crippen molar-refractivity contribution < 1.29 is 0 Å². The Balaban J connectivity index is 1.73. The molecule has 0 nitrogen and oxygen atoms in total. The first-order chi connectivity index (χ1) is 9.38. The van der Waals surface area contributed by atoms with Crippen molar-refractivity contribution in [1.29, 1.82) is 0 Å². The fraction of sp³-hybridized carbons (Fsp3) is 0. The number of hydrogen-bond acceptors (Lipinski definition) is 2. The predicted octanol–water partition coefficient (Wildman–Crippen LogP) is 3.77. The molecule has 2 aromatic carbocycles. The summed E-state index contributed by atoms with van der Waals surface area (Å²) in [5.74, 6) is 0. The van der Waals surface area contributed by atoms with Gasteiger partial charge in [-0.25, -0.2) is 0 Å². The summed E-state index contributed by atoms with van der Waals surface area (Å²) in [4.78, 5) is 0. The minimum atomic E-state index is -0.622. The quantitative estimate of drug-likeness (QED) is 0.461. The molecular weight excluding hydrogens is 375 g/mol. The molecule has 0 spiro atoms. The van der Waals surface area contributed by atoms with Crippen LogP contribution < -0.4 is 5.79 Å². The molecule has 0 saturated carbocycles. The van der Waals surface area contributed by atoms with E-state index in [0.29, 0.717) is 0 Å². The van der Waals surface area contributed by atoms with Gasteiger partial charge >= 0.3 is 130 Å². The summed E-state index contributed by atoms with van der Waals surface area (Å²) in [6, 6.07) is 22.2. The fourth-order valence-corrected chi connectivity index (χ4v) is 10.6. The Hall–Kier alpha value is -0.841. The Morgan fingerprint density at radius 2 is 1.11 bits per heavy atom.